The van der Waals surface area contributed by atoms with Crippen molar-refractivity contribution in [3.8, 4) is 0 Å². The summed E-state index contributed by atoms with van der Waals surface area (Å²) in [6.45, 7) is 5.66. The zero-order valence-electron chi connectivity index (χ0n) is 11.0. The van der Waals surface area contributed by atoms with Crippen LogP contribution in [0.4, 0.5) is 0 Å². The Morgan fingerprint density at radius 1 is 1.39 bits per heavy atom. The second-order valence-corrected chi connectivity index (χ2v) is 5.35. The summed E-state index contributed by atoms with van der Waals surface area (Å²) in [7, 11) is 0. The largest absolute Gasteiger partial charge is 0.352 e. The number of carbonyl (C=O) groups excluding carboxylic acids is 2. The summed E-state index contributed by atoms with van der Waals surface area (Å²) < 4.78 is 0. The number of amides is 2. The second kappa shape index (κ2) is 8.61. The topological polar surface area (TPSA) is 70.2 Å². The van der Waals surface area contributed by atoms with Gasteiger partial charge in [0.25, 0.3) is 0 Å². The van der Waals surface area contributed by atoms with Gasteiger partial charge in [0.2, 0.25) is 11.8 Å². The number of rotatable bonds is 5. The SMILES string of the molecule is CCC(C)NC(=O)C(C)NC(=O)C1CSCN1.Cl. The summed E-state index contributed by atoms with van der Waals surface area (Å²) in [6.07, 6.45) is 0.882. The third-order valence-electron chi connectivity index (χ3n) is 2.79. The molecule has 1 saturated heterocycles. The number of carbonyl (C=O) groups is 2. The van der Waals surface area contributed by atoms with Gasteiger partial charge < -0.3 is 10.6 Å². The highest BCUT2D eigenvalue weighted by molar-refractivity contribution is 7.99. The first-order valence-electron chi connectivity index (χ1n) is 5.96. The average Bonchev–Trinajstić information content (AvgIpc) is 2.82. The molecule has 7 heteroatoms. The molecule has 0 saturated carbocycles. The van der Waals surface area contributed by atoms with Crippen LogP contribution in [0.5, 0.6) is 0 Å². The molecule has 3 N–H and O–H groups in total. The van der Waals surface area contributed by atoms with E-state index in [-0.39, 0.29) is 36.3 Å². The van der Waals surface area contributed by atoms with Crippen molar-refractivity contribution in [1.82, 2.24) is 16.0 Å². The van der Waals surface area contributed by atoms with E-state index in [1.54, 1.807) is 18.7 Å². The second-order valence-electron chi connectivity index (χ2n) is 4.32. The van der Waals surface area contributed by atoms with Gasteiger partial charge in [-0.1, -0.05) is 6.92 Å². The number of hydrogen-bond donors (Lipinski definition) is 3. The molecular weight excluding hydrogens is 274 g/mol. The van der Waals surface area contributed by atoms with Crippen LogP contribution in [0.15, 0.2) is 0 Å². The van der Waals surface area contributed by atoms with Gasteiger partial charge in [0.05, 0.1) is 6.04 Å². The van der Waals surface area contributed by atoms with E-state index in [1.807, 2.05) is 13.8 Å². The van der Waals surface area contributed by atoms with Crippen molar-refractivity contribution in [2.45, 2.75) is 45.3 Å². The fourth-order valence-electron chi connectivity index (χ4n) is 1.41. The molecule has 1 aliphatic rings. The third kappa shape index (κ3) is 5.46. The Morgan fingerprint density at radius 3 is 2.56 bits per heavy atom. The Bertz CT molecular complexity index is 285. The van der Waals surface area contributed by atoms with Crippen molar-refractivity contribution in [3.63, 3.8) is 0 Å². The smallest absolute Gasteiger partial charge is 0.242 e. The van der Waals surface area contributed by atoms with E-state index >= 15 is 0 Å². The van der Waals surface area contributed by atoms with Gasteiger partial charge in [-0.3, -0.25) is 14.9 Å². The molecule has 1 fully saturated rings. The highest BCUT2D eigenvalue weighted by atomic mass is 35.5. The quantitative estimate of drug-likeness (QED) is 0.690. The summed E-state index contributed by atoms with van der Waals surface area (Å²) >= 11 is 1.69. The first-order chi connectivity index (χ1) is 8.04. The lowest BCUT2D eigenvalue weighted by molar-refractivity contribution is -0.129. The summed E-state index contributed by atoms with van der Waals surface area (Å²) in [5, 5.41) is 8.64. The first-order valence-corrected chi connectivity index (χ1v) is 7.12. The Hall–Kier alpha value is -0.460. The molecule has 0 bridgehead atoms. The van der Waals surface area contributed by atoms with E-state index in [9.17, 15) is 9.59 Å². The third-order valence-corrected chi connectivity index (χ3v) is 3.73. The number of halogens is 1. The van der Waals surface area contributed by atoms with Gasteiger partial charge in [-0.05, 0) is 20.3 Å². The van der Waals surface area contributed by atoms with Crippen LogP contribution in [0, 0.1) is 0 Å². The van der Waals surface area contributed by atoms with E-state index in [2.05, 4.69) is 16.0 Å². The zero-order chi connectivity index (χ0) is 12.8. The molecule has 2 amide bonds. The van der Waals surface area contributed by atoms with Crippen LogP contribution in [0.1, 0.15) is 27.2 Å². The molecule has 1 heterocycles. The Kier molecular flexibility index (Phi) is 8.39. The van der Waals surface area contributed by atoms with Crippen molar-refractivity contribution in [2.75, 3.05) is 11.6 Å². The lowest BCUT2D eigenvalue weighted by Gasteiger charge is -2.19. The number of nitrogens with one attached hydrogen (secondary N) is 3. The summed E-state index contributed by atoms with van der Waals surface area (Å²) in [5.41, 5.74) is 0. The number of thioether (sulfide) groups is 1. The molecule has 0 aromatic carbocycles. The monoisotopic (exact) mass is 295 g/mol. The molecule has 3 unspecified atom stereocenters. The molecule has 0 radical (unpaired) electrons. The van der Waals surface area contributed by atoms with E-state index < -0.39 is 6.04 Å². The van der Waals surface area contributed by atoms with Crippen LogP contribution in [0.3, 0.4) is 0 Å². The van der Waals surface area contributed by atoms with E-state index in [1.165, 1.54) is 0 Å². The summed E-state index contributed by atoms with van der Waals surface area (Å²) in [6, 6.07) is -0.509. The van der Waals surface area contributed by atoms with Crippen LogP contribution in [-0.4, -0.2) is 41.6 Å². The molecule has 1 rings (SSSR count). The molecule has 18 heavy (non-hydrogen) atoms. The maximum Gasteiger partial charge on any atom is 0.242 e. The first kappa shape index (κ1) is 17.5. The minimum atomic E-state index is -0.483. The standard InChI is InChI=1S/C11H21N3O2S.ClH/c1-4-7(2)13-10(15)8(3)14-11(16)9-5-17-6-12-9;/h7-9,12H,4-6H2,1-3H3,(H,13,15)(H,14,16);1H. The summed E-state index contributed by atoms with van der Waals surface area (Å²) in [5.74, 6) is 1.34. The molecule has 0 spiro atoms. The van der Waals surface area contributed by atoms with Gasteiger partial charge in [-0.2, -0.15) is 0 Å². The Morgan fingerprint density at radius 2 is 2.06 bits per heavy atom. The zero-order valence-corrected chi connectivity index (χ0v) is 12.6. The van der Waals surface area contributed by atoms with Crippen molar-refractivity contribution < 1.29 is 9.59 Å². The number of hydrogen-bond acceptors (Lipinski definition) is 4. The van der Waals surface area contributed by atoms with Gasteiger partial charge in [0, 0.05) is 17.7 Å². The van der Waals surface area contributed by atoms with Crippen molar-refractivity contribution >= 4 is 36.0 Å². The maximum absolute atomic E-state index is 11.7. The fraction of sp³-hybridized carbons (Fsp3) is 0.818. The van der Waals surface area contributed by atoms with Crippen LogP contribution in [0.2, 0.25) is 0 Å². The van der Waals surface area contributed by atoms with Gasteiger partial charge in [0.15, 0.2) is 0 Å². The van der Waals surface area contributed by atoms with E-state index in [0.717, 1.165) is 18.1 Å². The molecular formula is C11H22ClN3O2S. The lowest BCUT2D eigenvalue weighted by Crippen LogP contribution is -2.52. The molecule has 0 aromatic heterocycles. The predicted molar refractivity (Wildman–Crippen MR) is 77.0 cm³/mol. The average molecular weight is 296 g/mol. The van der Waals surface area contributed by atoms with Crippen molar-refractivity contribution in [3.05, 3.63) is 0 Å². The van der Waals surface area contributed by atoms with Crippen molar-refractivity contribution in [2.24, 2.45) is 0 Å². The van der Waals surface area contributed by atoms with Crippen LogP contribution in [-0.2, 0) is 9.59 Å². The van der Waals surface area contributed by atoms with Gasteiger partial charge in [0.1, 0.15) is 6.04 Å². The van der Waals surface area contributed by atoms with Gasteiger partial charge in [-0.25, -0.2) is 0 Å². The minimum absolute atomic E-state index is 0. The molecule has 0 aliphatic carbocycles. The Labute approximate surface area is 119 Å². The minimum Gasteiger partial charge on any atom is -0.352 e. The van der Waals surface area contributed by atoms with E-state index in [0.29, 0.717) is 0 Å². The molecule has 1 aliphatic heterocycles. The van der Waals surface area contributed by atoms with Crippen LogP contribution >= 0.6 is 24.2 Å². The fourth-order valence-corrected chi connectivity index (χ4v) is 2.35. The molecule has 106 valence electrons. The normalized spacial score (nSPS) is 21.6. The van der Waals surface area contributed by atoms with Gasteiger partial charge >= 0.3 is 0 Å². The van der Waals surface area contributed by atoms with Gasteiger partial charge in [-0.15, -0.1) is 24.2 Å². The Balaban J connectivity index is 0.00000289. The predicted octanol–water partition coefficient (Wildman–Crippen LogP) is 0.490. The highest BCUT2D eigenvalue weighted by Crippen LogP contribution is 2.09. The molecule has 5 nitrogen and oxygen atoms in total. The van der Waals surface area contributed by atoms with Crippen molar-refractivity contribution in [1.29, 1.82) is 0 Å². The van der Waals surface area contributed by atoms with E-state index in [4.69, 9.17) is 0 Å². The lowest BCUT2D eigenvalue weighted by atomic mass is 10.2. The maximum atomic E-state index is 11.7. The van der Waals surface area contributed by atoms with Crippen LogP contribution in [0.25, 0.3) is 0 Å². The molecule has 0 aromatic rings. The highest BCUT2D eigenvalue weighted by Gasteiger charge is 2.25. The van der Waals surface area contributed by atoms with Crippen LogP contribution < -0.4 is 16.0 Å². The summed E-state index contributed by atoms with van der Waals surface area (Å²) in [4.78, 5) is 23.5. The molecule has 3 atom stereocenters.